The first-order chi connectivity index (χ1) is 2.00. The minimum absolute atomic E-state index is 0. The van der Waals surface area contributed by atoms with E-state index in [1.54, 1.807) is 0 Å². The third-order valence-electron chi connectivity index (χ3n) is 0. The van der Waals surface area contributed by atoms with Crippen LogP contribution >= 0.6 is 7.82 Å². The van der Waals surface area contributed by atoms with Gasteiger partial charge in [-0.2, -0.15) is 0 Å². The Morgan fingerprint density at radius 1 is 0.800 bits per heavy atom. The molecule has 0 aromatic rings. The maximum atomic E-state index is 8.88. The van der Waals surface area contributed by atoms with Crippen molar-refractivity contribution in [3.63, 3.8) is 0 Å². The molecule has 0 aromatic carbocycles. The van der Waals surface area contributed by atoms with Crippen molar-refractivity contribution in [2.75, 3.05) is 0 Å². The molecule has 9 N–H and O–H groups in total. The summed E-state index contributed by atoms with van der Waals surface area (Å²) in [4.78, 5) is 21.6. The van der Waals surface area contributed by atoms with E-state index in [1.165, 1.54) is 0 Å². The molecule has 0 amide bonds. The zero-order chi connectivity index (χ0) is 4.50. The second-order valence-electron chi connectivity index (χ2n) is 0.513. The van der Waals surface area contributed by atoms with E-state index in [1.807, 2.05) is 0 Å². The average Bonchev–Trinajstić information content (AvgIpc) is 0.722. The molecule has 7 nitrogen and oxygen atoms in total. The van der Waals surface area contributed by atoms with Crippen LogP contribution < -0.4 is 0 Å². The molecule has 60 valence electrons. The van der Waals surface area contributed by atoms with Crippen LogP contribution in [0.5, 0.6) is 0 Å². The second-order valence-corrected chi connectivity index (χ2v) is 1.54. The van der Waals surface area contributed by atoms with E-state index < -0.39 is 7.82 Å². The fourth-order valence-electron chi connectivity index (χ4n) is 0. The van der Waals surface area contributed by atoms with Crippen LogP contribution in [0, 0.1) is 0 Å². The van der Waals surface area contributed by atoms with Gasteiger partial charge in [-0.3, -0.25) is 0 Å². The third-order valence-corrected chi connectivity index (χ3v) is 0. The van der Waals surface area contributed by atoms with Crippen molar-refractivity contribution in [2.24, 2.45) is 0 Å². The molecule has 0 heterocycles. The van der Waals surface area contributed by atoms with Gasteiger partial charge in [-0.15, -0.1) is 0 Å². The van der Waals surface area contributed by atoms with E-state index in [0.29, 0.717) is 0 Å². The molecule has 10 heteroatoms. The van der Waals surface area contributed by atoms with Gasteiger partial charge in [-0.05, 0) is 0 Å². The molecule has 0 spiro atoms. The van der Waals surface area contributed by atoms with E-state index >= 15 is 0 Å². The van der Waals surface area contributed by atoms with Crippen LogP contribution in [0.2, 0.25) is 0 Å². The Bertz CT molecular complexity index is 57.7. The number of phosphoric acid groups is 1. The zero-order valence-electron chi connectivity index (χ0n) is 3.70. The van der Waals surface area contributed by atoms with Crippen molar-refractivity contribution < 1.29 is 35.7 Å². The van der Waals surface area contributed by atoms with Crippen molar-refractivity contribution in [3.05, 3.63) is 0 Å². The summed E-state index contributed by atoms with van der Waals surface area (Å²) >= 11 is 0. The molecule has 0 radical (unpaired) electrons. The average molecular weight is 232 g/mol. The molecule has 0 rings (SSSR count). The molecule has 0 saturated carbocycles. The van der Waals surface area contributed by atoms with Crippen LogP contribution in [-0.2, 0) is 4.57 Å². The molecule has 0 aliphatic rings. The quantitative estimate of drug-likeness (QED) is 0.281. The molecule has 0 saturated heterocycles. The Morgan fingerprint density at radius 2 is 0.800 bits per heavy atom. The Labute approximate surface area is 143 Å². The van der Waals surface area contributed by atoms with Crippen molar-refractivity contribution in [2.45, 2.75) is 0 Å². The number of hydrogen-bond donors (Lipinski definition) is 3. The Kier molecular flexibility index (Phi) is 68.5. The fourth-order valence-corrected chi connectivity index (χ4v) is 0. The van der Waals surface area contributed by atoms with Crippen molar-refractivity contribution in [3.8, 4) is 0 Å². The molecule has 0 unspecified atom stereocenters. The first kappa shape index (κ1) is 37.8. The van der Waals surface area contributed by atoms with Crippen molar-refractivity contribution >= 4 is 111 Å². The number of hydrogen-bond acceptors (Lipinski definition) is 1. The molecule has 0 fully saturated rings. The monoisotopic (exact) mass is 232 g/mol. The summed E-state index contributed by atoms with van der Waals surface area (Å²) in [7, 11) is -4.64. The standard InChI is InChI=1S/2K.H3O4P.3H2O.2H/c;;1-5(2,3)4;;;;;/h;;(H3,1,2,3,4);3*1H2;;. The zero-order valence-corrected chi connectivity index (χ0v) is 4.59. The van der Waals surface area contributed by atoms with Gasteiger partial charge in [0.1, 0.15) is 0 Å². The van der Waals surface area contributed by atoms with E-state index in [9.17, 15) is 0 Å². The second kappa shape index (κ2) is 18.1. The summed E-state index contributed by atoms with van der Waals surface area (Å²) in [5.74, 6) is 0. The summed E-state index contributed by atoms with van der Waals surface area (Å²) in [6, 6.07) is 0. The van der Waals surface area contributed by atoms with Crippen LogP contribution in [0.15, 0.2) is 0 Å². The minimum atomic E-state index is -4.64. The predicted molar refractivity (Wildman–Crippen MR) is 39.4 cm³/mol. The molecule has 0 aromatic heterocycles. The molecule has 0 aliphatic carbocycles. The first-order valence-electron chi connectivity index (χ1n) is 0.783. The van der Waals surface area contributed by atoms with E-state index in [0.717, 1.165) is 0 Å². The normalized spacial score (nSPS) is 5.90. The fraction of sp³-hybridized carbons (Fsp3) is 0. The van der Waals surface area contributed by atoms with E-state index in [-0.39, 0.29) is 119 Å². The van der Waals surface area contributed by atoms with Gasteiger partial charge in [-0.1, -0.05) is 0 Å². The summed E-state index contributed by atoms with van der Waals surface area (Å²) in [5.41, 5.74) is 0. The van der Waals surface area contributed by atoms with Gasteiger partial charge < -0.3 is 31.1 Å². The number of rotatable bonds is 0. The predicted octanol–water partition coefficient (Wildman–Crippen LogP) is -4.70. The first-order valence-corrected chi connectivity index (χ1v) is 2.35. The van der Waals surface area contributed by atoms with Gasteiger partial charge in [0.15, 0.2) is 0 Å². The molecular formula is H11K2O7P. The Balaban J connectivity index is -0.00000000800. The topological polar surface area (TPSA) is 172 Å². The Morgan fingerprint density at radius 3 is 0.800 bits per heavy atom. The van der Waals surface area contributed by atoms with E-state index in [4.69, 9.17) is 19.2 Å². The van der Waals surface area contributed by atoms with Gasteiger partial charge in [0, 0.05) is 0 Å². The van der Waals surface area contributed by atoms with Crippen molar-refractivity contribution in [1.29, 1.82) is 0 Å². The summed E-state index contributed by atoms with van der Waals surface area (Å²) < 4.78 is 8.88. The SMILES string of the molecule is O.O.O.O=P(O)(O)O.[KH].[KH]. The van der Waals surface area contributed by atoms with Gasteiger partial charge in [0.25, 0.3) is 0 Å². The molecule has 0 aliphatic heterocycles. The van der Waals surface area contributed by atoms with Crippen LogP contribution in [0.4, 0.5) is 0 Å². The Hall–Kier alpha value is 3.26. The van der Waals surface area contributed by atoms with Crippen LogP contribution in [0.1, 0.15) is 0 Å². The van der Waals surface area contributed by atoms with Gasteiger partial charge in [0.2, 0.25) is 0 Å². The summed E-state index contributed by atoms with van der Waals surface area (Å²) in [6.07, 6.45) is 0. The van der Waals surface area contributed by atoms with Gasteiger partial charge >= 0.3 is 111 Å². The molecular weight excluding hydrogens is 221 g/mol. The molecule has 10 heavy (non-hydrogen) atoms. The summed E-state index contributed by atoms with van der Waals surface area (Å²) in [5, 5.41) is 0. The van der Waals surface area contributed by atoms with E-state index in [2.05, 4.69) is 0 Å². The summed E-state index contributed by atoms with van der Waals surface area (Å²) in [6.45, 7) is 0. The van der Waals surface area contributed by atoms with Gasteiger partial charge in [0.05, 0.1) is 0 Å². The van der Waals surface area contributed by atoms with Crippen LogP contribution in [-0.4, -0.2) is 134 Å². The maximum absolute atomic E-state index is 8.88. The van der Waals surface area contributed by atoms with Crippen LogP contribution in [0.25, 0.3) is 0 Å². The third kappa shape index (κ3) is 111. The van der Waals surface area contributed by atoms with Gasteiger partial charge in [-0.25, -0.2) is 4.57 Å². The molecule has 0 atom stereocenters. The van der Waals surface area contributed by atoms with Crippen LogP contribution in [0.3, 0.4) is 0 Å². The van der Waals surface area contributed by atoms with Crippen molar-refractivity contribution in [1.82, 2.24) is 0 Å². The molecule has 0 bridgehead atoms.